The van der Waals surface area contributed by atoms with Crippen molar-refractivity contribution in [1.82, 2.24) is 4.98 Å². The predicted octanol–water partition coefficient (Wildman–Crippen LogP) is 4.90. The summed E-state index contributed by atoms with van der Waals surface area (Å²) in [5.41, 5.74) is 5.81. The number of aromatic nitrogens is 1. The Hall–Kier alpha value is -3.64. The van der Waals surface area contributed by atoms with Crippen LogP contribution >= 0.6 is 0 Å². The Morgan fingerprint density at radius 2 is 1.65 bits per heavy atom. The highest BCUT2D eigenvalue weighted by Gasteiger charge is 2.18. The molecule has 4 rings (SSSR count). The molecule has 0 unspecified atom stereocenters. The molecule has 3 heteroatoms. The monoisotopic (exact) mass is 335 g/mol. The van der Waals surface area contributed by atoms with Crippen LogP contribution in [0.25, 0.3) is 11.1 Å². The van der Waals surface area contributed by atoms with E-state index in [4.69, 9.17) is 0 Å². The summed E-state index contributed by atoms with van der Waals surface area (Å²) in [5.74, 6) is 0. The molecule has 1 aliphatic heterocycles. The van der Waals surface area contributed by atoms with E-state index in [0.717, 1.165) is 34.6 Å². The minimum Gasteiger partial charge on any atom is -0.343 e. The molecule has 0 N–H and O–H groups in total. The Morgan fingerprint density at radius 3 is 2.42 bits per heavy atom. The smallest absolute Gasteiger partial charge is 0.0998 e. The first kappa shape index (κ1) is 15.9. The molecule has 3 nitrogen and oxygen atoms in total. The highest BCUT2D eigenvalue weighted by atomic mass is 15.1. The van der Waals surface area contributed by atoms with Gasteiger partial charge in [-0.05, 0) is 47.6 Å². The molecular formula is C23H17N3. The van der Waals surface area contributed by atoms with Gasteiger partial charge in [0.25, 0.3) is 0 Å². The summed E-state index contributed by atoms with van der Waals surface area (Å²) in [6.45, 7) is 0.735. The lowest BCUT2D eigenvalue weighted by atomic mass is 9.95. The van der Waals surface area contributed by atoms with Crippen LogP contribution < -0.4 is 4.90 Å². The SMILES string of the molecule is N#Cc1ccccc1C1=CN(c2ccccc2)CC(c2ccccn2)=C1. The molecule has 1 aliphatic rings. The molecule has 2 heterocycles. The first-order valence-corrected chi connectivity index (χ1v) is 8.50. The molecular weight excluding hydrogens is 318 g/mol. The average molecular weight is 335 g/mol. The number of para-hydroxylation sites is 1. The zero-order chi connectivity index (χ0) is 17.8. The summed E-state index contributed by atoms with van der Waals surface area (Å²) < 4.78 is 0. The minimum absolute atomic E-state index is 0.672. The van der Waals surface area contributed by atoms with E-state index in [1.165, 1.54) is 0 Å². The van der Waals surface area contributed by atoms with Crippen LogP contribution in [0.4, 0.5) is 5.69 Å². The molecule has 0 aliphatic carbocycles. The van der Waals surface area contributed by atoms with Crippen LogP contribution in [0.1, 0.15) is 16.8 Å². The number of anilines is 1. The van der Waals surface area contributed by atoms with Gasteiger partial charge >= 0.3 is 0 Å². The van der Waals surface area contributed by atoms with Crippen LogP contribution in [-0.4, -0.2) is 11.5 Å². The number of nitriles is 1. The third kappa shape index (κ3) is 3.13. The van der Waals surface area contributed by atoms with Gasteiger partial charge in [0.2, 0.25) is 0 Å². The van der Waals surface area contributed by atoms with Crippen molar-refractivity contribution in [3.63, 3.8) is 0 Å². The first-order valence-electron chi connectivity index (χ1n) is 8.50. The Bertz CT molecular complexity index is 1010. The molecule has 26 heavy (non-hydrogen) atoms. The molecule has 0 saturated carbocycles. The van der Waals surface area contributed by atoms with Crippen LogP contribution in [0.2, 0.25) is 0 Å². The Balaban J connectivity index is 1.84. The minimum atomic E-state index is 0.672. The lowest BCUT2D eigenvalue weighted by Crippen LogP contribution is -2.22. The third-order valence-electron chi connectivity index (χ3n) is 4.41. The summed E-state index contributed by atoms with van der Waals surface area (Å²) in [5, 5.41) is 9.49. The summed E-state index contributed by atoms with van der Waals surface area (Å²) in [4.78, 5) is 6.72. The fourth-order valence-electron chi connectivity index (χ4n) is 3.14. The van der Waals surface area contributed by atoms with Crippen molar-refractivity contribution in [3.8, 4) is 6.07 Å². The molecule has 0 atom stereocenters. The first-order chi connectivity index (χ1) is 12.8. The maximum Gasteiger partial charge on any atom is 0.0998 e. The fraction of sp³-hybridized carbons (Fsp3) is 0.0435. The number of pyridine rings is 1. The number of hydrogen-bond acceptors (Lipinski definition) is 3. The highest BCUT2D eigenvalue weighted by Crippen LogP contribution is 2.31. The maximum atomic E-state index is 9.49. The average Bonchev–Trinajstić information content (AvgIpc) is 2.74. The fourth-order valence-corrected chi connectivity index (χ4v) is 3.14. The number of benzene rings is 2. The van der Waals surface area contributed by atoms with E-state index in [1.807, 2.05) is 66.9 Å². The summed E-state index contributed by atoms with van der Waals surface area (Å²) in [6, 6.07) is 26.2. The van der Waals surface area contributed by atoms with Gasteiger partial charge in [-0.3, -0.25) is 4.98 Å². The second-order valence-corrected chi connectivity index (χ2v) is 6.09. The van der Waals surface area contributed by atoms with E-state index in [0.29, 0.717) is 5.56 Å². The third-order valence-corrected chi connectivity index (χ3v) is 4.41. The summed E-state index contributed by atoms with van der Waals surface area (Å²) in [7, 11) is 0. The standard InChI is InChI=1S/C23H17N3/c24-15-18-8-4-5-11-22(18)19-14-20(23-12-6-7-13-25-23)17-26(16-19)21-9-2-1-3-10-21/h1-14,16H,17H2. The molecule has 0 bridgehead atoms. The zero-order valence-electron chi connectivity index (χ0n) is 14.2. The molecule has 124 valence electrons. The van der Waals surface area contributed by atoms with Crippen LogP contribution in [0.5, 0.6) is 0 Å². The number of rotatable bonds is 3. The Labute approximate surface area is 153 Å². The molecule has 0 fully saturated rings. The molecule has 0 saturated heterocycles. The van der Waals surface area contributed by atoms with Crippen molar-refractivity contribution >= 4 is 16.8 Å². The quantitative estimate of drug-likeness (QED) is 0.683. The van der Waals surface area contributed by atoms with Gasteiger partial charge in [-0.25, -0.2) is 0 Å². The highest BCUT2D eigenvalue weighted by molar-refractivity contribution is 5.90. The predicted molar refractivity (Wildman–Crippen MR) is 105 cm³/mol. The maximum absolute atomic E-state index is 9.49. The van der Waals surface area contributed by atoms with E-state index < -0.39 is 0 Å². The molecule has 0 spiro atoms. The molecule has 2 aromatic carbocycles. The second-order valence-electron chi connectivity index (χ2n) is 6.09. The lowest BCUT2D eigenvalue weighted by molar-refractivity contribution is 1.07. The Morgan fingerprint density at radius 1 is 0.885 bits per heavy atom. The normalized spacial score (nSPS) is 13.6. The van der Waals surface area contributed by atoms with Gasteiger partial charge in [0.15, 0.2) is 0 Å². The molecule has 0 amide bonds. The molecule has 0 radical (unpaired) electrons. The van der Waals surface area contributed by atoms with Crippen molar-refractivity contribution in [2.75, 3.05) is 11.4 Å². The van der Waals surface area contributed by atoms with Gasteiger partial charge in [-0.15, -0.1) is 0 Å². The van der Waals surface area contributed by atoms with Crippen molar-refractivity contribution in [2.45, 2.75) is 0 Å². The van der Waals surface area contributed by atoms with Gasteiger partial charge in [0.1, 0.15) is 0 Å². The van der Waals surface area contributed by atoms with E-state index in [2.05, 4.69) is 40.4 Å². The van der Waals surface area contributed by atoms with E-state index >= 15 is 0 Å². The molecule has 3 aromatic rings. The lowest BCUT2D eigenvalue weighted by Gasteiger charge is -2.27. The zero-order valence-corrected chi connectivity index (χ0v) is 14.2. The molecule has 1 aromatic heterocycles. The van der Waals surface area contributed by atoms with E-state index in [-0.39, 0.29) is 0 Å². The van der Waals surface area contributed by atoms with Crippen molar-refractivity contribution in [1.29, 1.82) is 5.26 Å². The summed E-state index contributed by atoms with van der Waals surface area (Å²) >= 11 is 0. The van der Waals surface area contributed by atoms with Gasteiger partial charge in [0, 0.05) is 30.2 Å². The number of nitrogens with zero attached hydrogens (tertiary/aromatic N) is 3. The van der Waals surface area contributed by atoms with Crippen molar-refractivity contribution < 1.29 is 0 Å². The topological polar surface area (TPSA) is 39.9 Å². The van der Waals surface area contributed by atoms with Gasteiger partial charge in [0.05, 0.1) is 17.3 Å². The number of allylic oxidation sites excluding steroid dienone is 2. The van der Waals surface area contributed by atoms with Crippen LogP contribution in [0.3, 0.4) is 0 Å². The van der Waals surface area contributed by atoms with Gasteiger partial charge < -0.3 is 4.90 Å². The van der Waals surface area contributed by atoms with E-state index in [9.17, 15) is 5.26 Å². The van der Waals surface area contributed by atoms with E-state index in [1.54, 1.807) is 0 Å². The number of hydrogen-bond donors (Lipinski definition) is 0. The van der Waals surface area contributed by atoms with Crippen LogP contribution in [0, 0.1) is 11.3 Å². The van der Waals surface area contributed by atoms with Crippen molar-refractivity contribution in [3.05, 3.63) is 108 Å². The van der Waals surface area contributed by atoms with Crippen molar-refractivity contribution in [2.24, 2.45) is 0 Å². The van der Waals surface area contributed by atoms with Gasteiger partial charge in [-0.1, -0.05) is 42.5 Å². The summed E-state index contributed by atoms with van der Waals surface area (Å²) in [6.07, 6.45) is 6.06. The van der Waals surface area contributed by atoms with Gasteiger partial charge in [-0.2, -0.15) is 5.26 Å². The van der Waals surface area contributed by atoms with Crippen LogP contribution in [0.15, 0.2) is 91.3 Å². The second kappa shape index (κ2) is 7.08. The Kier molecular flexibility index (Phi) is 4.32. The van der Waals surface area contributed by atoms with Crippen LogP contribution in [-0.2, 0) is 0 Å². The largest absolute Gasteiger partial charge is 0.343 e.